The van der Waals surface area contributed by atoms with Crippen LogP contribution in [0.3, 0.4) is 0 Å². The minimum Gasteiger partial charge on any atom is -0.496 e. The van der Waals surface area contributed by atoms with Crippen LogP contribution in [0.2, 0.25) is 0 Å². The number of methoxy groups -OCH3 is 2. The fraction of sp³-hybridized carbons (Fsp3) is 0.235. The average Bonchev–Trinajstić information content (AvgIpc) is 3.00. The lowest BCUT2D eigenvalue weighted by Crippen LogP contribution is -2.07. The zero-order valence-corrected chi connectivity index (χ0v) is 12.1. The van der Waals surface area contributed by atoms with Crippen LogP contribution in [0.5, 0.6) is 11.5 Å². The summed E-state index contributed by atoms with van der Waals surface area (Å²) in [5.41, 5.74) is 3.40. The Labute approximate surface area is 123 Å². The number of fused-ring (bicyclic) bond motifs is 1. The van der Waals surface area contributed by atoms with Crippen molar-refractivity contribution in [1.82, 2.24) is 0 Å². The molecule has 0 atom stereocenters. The van der Waals surface area contributed by atoms with Gasteiger partial charge in [-0.05, 0) is 42.3 Å². The van der Waals surface area contributed by atoms with E-state index in [1.54, 1.807) is 32.4 Å². The number of anilines is 1. The fourth-order valence-electron chi connectivity index (χ4n) is 2.67. The van der Waals surface area contributed by atoms with E-state index in [1.807, 2.05) is 18.2 Å². The van der Waals surface area contributed by atoms with E-state index < -0.39 is 0 Å². The molecule has 4 heteroatoms. The highest BCUT2D eigenvalue weighted by Gasteiger charge is 2.21. The maximum Gasteiger partial charge on any atom is 0.200 e. The van der Waals surface area contributed by atoms with Gasteiger partial charge in [-0.3, -0.25) is 4.79 Å². The molecule has 1 aliphatic heterocycles. The molecule has 2 aromatic rings. The standard InChI is InChI=1S/C17H17NO3/c1-20-14-4-3-5-15(21-2)16(14)17(19)12-6-7-13-11(10-12)8-9-18-13/h3-7,10,18H,8-9H2,1-2H3. The topological polar surface area (TPSA) is 47.6 Å². The van der Waals surface area contributed by atoms with Crippen LogP contribution < -0.4 is 14.8 Å². The van der Waals surface area contributed by atoms with Crippen LogP contribution >= 0.6 is 0 Å². The lowest BCUT2D eigenvalue weighted by atomic mass is 9.99. The molecule has 0 aromatic heterocycles. The molecule has 0 fully saturated rings. The molecule has 0 amide bonds. The van der Waals surface area contributed by atoms with Crippen LogP contribution in [-0.2, 0) is 6.42 Å². The van der Waals surface area contributed by atoms with E-state index in [1.165, 1.54) is 5.56 Å². The van der Waals surface area contributed by atoms with E-state index in [0.29, 0.717) is 22.6 Å². The number of carbonyl (C=O) groups is 1. The van der Waals surface area contributed by atoms with E-state index in [-0.39, 0.29) is 5.78 Å². The molecule has 0 aliphatic carbocycles. The second-order valence-corrected chi connectivity index (χ2v) is 4.92. The molecular weight excluding hydrogens is 266 g/mol. The quantitative estimate of drug-likeness (QED) is 0.876. The molecule has 0 radical (unpaired) electrons. The molecule has 2 aromatic carbocycles. The lowest BCUT2D eigenvalue weighted by molar-refractivity contribution is 0.103. The first-order valence-corrected chi connectivity index (χ1v) is 6.87. The van der Waals surface area contributed by atoms with Crippen molar-refractivity contribution in [2.45, 2.75) is 6.42 Å². The van der Waals surface area contributed by atoms with Crippen molar-refractivity contribution in [2.75, 3.05) is 26.1 Å². The van der Waals surface area contributed by atoms with Crippen molar-refractivity contribution < 1.29 is 14.3 Å². The summed E-state index contributed by atoms with van der Waals surface area (Å²) in [5.74, 6) is 0.968. The first-order valence-electron chi connectivity index (χ1n) is 6.87. The van der Waals surface area contributed by atoms with Gasteiger partial charge in [-0.2, -0.15) is 0 Å². The third-order valence-corrected chi connectivity index (χ3v) is 3.73. The first-order chi connectivity index (χ1) is 10.2. The van der Waals surface area contributed by atoms with E-state index in [9.17, 15) is 4.79 Å². The normalized spacial score (nSPS) is 12.5. The Bertz CT molecular complexity index is 672. The predicted molar refractivity (Wildman–Crippen MR) is 81.6 cm³/mol. The number of benzene rings is 2. The third-order valence-electron chi connectivity index (χ3n) is 3.73. The van der Waals surface area contributed by atoms with E-state index in [0.717, 1.165) is 18.7 Å². The molecule has 108 valence electrons. The molecule has 1 heterocycles. The van der Waals surface area contributed by atoms with Crippen molar-refractivity contribution in [3.8, 4) is 11.5 Å². The molecule has 4 nitrogen and oxygen atoms in total. The molecule has 1 aliphatic rings. The number of hydrogen-bond donors (Lipinski definition) is 1. The minimum absolute atomic E-state index is 0.0843. The summed E-state index contributed by atoms with van der Waals surface area (Å²) in [6, 6.07) is 11.1. The van der Waals surface area contributed by atoms with Gasteiger partial charge in [0.2, 0.25) is 5.78 Å². The van der Waals surface area contributed by atoms with Gasteiger partial charge in [-0.1, -0.05) is 6.07 Å². The summed E-state index contributed by atoms with van der Waals surface area (Å²) in [6.07, 6.45) is 0.944. The van der Waals surface area contributed by atoms with Crippen molar-refractivity contribution in [3.63, 3.8) is 0 Å². The molecule has 0 bridgehead atoms. The monoisotopic (exact) mass is 283 g/mol. The second kappa shape index (κ2) is 5.48. The van der Waals surface area contributed by atoms with Crippen molar-refractivity contribution >= 4 is 11.5 Å². The van der Waals surface area contributed by atoms with Crippen molar-refractivity contribution in [3.05, 3.63) is 53.1 Å². The van der Waals surface area contributed by atoms with Gasteiger partial charge in [0.25, 0.3) is 0 Å². The number of ether oxygens (including phenoxy) is 2. The minimum atomic E-state index is -0.0843. The van der Waals surface area contributed by atoms with Gasteiger partial charge in [0.1, 0.15) is 17.1 Å². The molecule has 1 N–H and O–H groups in total. The average molecular weight is 283 g/mol. The second-order valence-electron chi connectivity index (χ2n) is 4.92. The summed E-state index contributed by atoms with van der Waals surface area (Å²) in [5, 5.41) is 3.29. The Balaban J connectivity index is 2.06. The maximum atomic E-state index is 12.8. The highest BCUT2D eigenvalue weighted by Crippen LogP contribution is 2.32. The van der Waals surface area contributed by atoms with E-state index >= 15 is 0 Å². The number of ketones is 1. The van der Waals surface area contributed by atoms with Crippen molar-refractivity contribution in [1.29, 1.82) is 0 Å². The molecular formula is C17H17NO3. The summed E-state index contributed by atoms with van der Waals surface area (Å²) < 4.78 is 10.6. The molecule has 0 spiro atoms. The van der Waals surface area contributed by atoms with Gasteiger partial charge in [-0.15, -0.1) is 0 Å². The Morgan fingerprint density at radius 3 is 2.48 bits per heavy atom. The predicted octanol–water partition coefficient (Wildman–Crippen LogP) is 2.90. The van der Waals surface area contributed by atoms with Gasteiger partial charge in [0, 0.05) is 17.8 Å². The Kier molecular flexibility index (Phi) is 3.52. The van der Waals surface area contributed by atoms with Crippen LogP contribution in [0.1, 0.15) is 21.5 Å². The van der Waals surface area contributed by atoms with Gasteiger partial charge in [0.05, 0.1) is 14.2 Å². The highest BCUT2D eigenvalue weighted by molar-refractivity contribution is 6.12. The molecule has 0 unspecified atom stereocenters. The van der Waals surface area contributed by atoms with Crippen LogP contribution in [0.4, 0.5) is 5.69 Å². The van der Waals surface area contributed by atoms with E-state index in [4.69, 9.17) is 9.47 Å². The van der Waals surface area contributed by atoms with Crippen LogP contribution in [-0.4, -0.2) is 26.5 Å². The molecule has 0 saturated heterocycles. The molecule has 3 rings (SSSR count). The van der Waals surface area contributed by atoms with Gasteiger partial charge in [0.15, 0.2) is 0 Å². The Morgan fingerprint density at radius 2 is 1.81 bits per heavy atom. The largest absolute Gasteiger partial charge is 0.496 e. The summed E-state index contributed by atoms with van der Waals surface area (Å²) in [7, 11) is 3.11. The van der Waals surface area contributed by atoms with Crippen LogP contribution in [0, 0.1) is 0 Å². The zero-order valence-electron chi connectivity index (χ0n) is 12.1. The number of nitrogens with one attached hydrogen (secondary N) is 1. The third kappa shape index (κ3) is 2.33. The maximum absolute atomic E-state index is 12.8. The summed E-state index contributed by atoms with van der Waals surface area (Å²) >= 11 is 0. The Morgan fingerprint density at radius 1 is 1.10 bits per heavy atom. The molecule has 21 heavy (non-hydrogen) atoms. The van der Waals surface area contributed by atoms with E-state index in [2.05, 4.69) is 5.32 Å². The van der Waals surface area contributed by atoms with Gasteiger partial charge >= 0.3 is 0 Å². The highest BCUT2D eigenvalue weighted by atomic mass is 16.5. The number of rotatable bonds is 4. The number of hydrogen-bond acceptors (Lipinski definition) is 4. The summed E-state index contributed by atoms with van der Waals surface area (Å²) in [4.78, 5) is 12.8. The first kappa shape index (κ1) is 13.5. The smallest absolute Gasteiger partial charge is 0.200 e. The fourth-order valence-corrected chi connectivity index (χ4v) is 2.67. The van der Waals surface area contributed by atoms with Gasteiger partial charge < -0.3 is 14.8 Å². The van der Waals surface area contributed by atoms with Crippen LogP contribution in [0.25, 0.3) is 0 Å². The zero-order chi connectivity index (χ0) is 14.8. The molecule has 0 saturated carbocycles. The lowest BCUT2D eigenvalue weighted by Gasteiger charge is -2.12. The van der Waals surface area contributed by atoms with Gasteiger partial charge in [-0.25, -0.2) is 0 Å². The van der Waals surface area contributed by atoms with Crippen LogP contribution in [0.15, 0.2) is 36.4 Å². The Hall–Kier alpha value is -2.49. The number of carbonyl (C=O) groups excluding carboxylic acids is 1. The van der Waals surface area contributed by atoms with Crippen molar-refractivity contribution in [2.24, 2.45) is 0 Å². The SMILES string of the molecule is COc1cccc(OC)c1C(=O)c1ccc2c(c1)CCN2. The summed E-state index contributed by atoms with van der Waals surface area (Å²) in [6.45, 7) is 0.922.